The highest BCUT2D eigenvalue weighted by molar-refractivity contribution is 5.98. The molecule has 0 heterocycles. The molecule has 2 aromatic rings. The van der Waals surface area contributed by atoms with Gasteiger partial charge in [-0.25, -0.2) is 0 Å². The van der Waals surface area contributed by atoms with Gasteiger partial charge in [-0.1, -0.05) is 68.1 Å². The third kappa shape index (κ3) is 6.27. The number of aryl methyl sites for hydroxylation is 1. The number of phenols is 1. The number of carbonyl (C=O) groups excluding carboxylic acids is 1. The molecule has 0 aliphatic carbocycles. The smallest absolute Gasteiger partial charge is 0.166 e. The summed E-state index contributed by atoms with van der Waals surface area (Å²) >= 11 is 0. The first-order chi connectivity index (χ1) is 11.3. The van der Waals surface area contributed by atoms with Crippen molar-refractivity contribution in [3.05, 3.63) is 65.7 Å². The molecule has 0 aliphatic heterocycles. The Hall–Kier alpha value is -2.09. The molecule has 0 atom stereocenters. The van der Waals surface area contributed by atoms with Gasteiger partial charge in [0, 0.05) is 6.42 Å². The summed E-state index contributed by atoms with van der Waals surface area (Å²) in [6, 6.07) is 17.4. The van der Waals surface area contributed by atoms with Gasteiger partial charge in [0.05, 0.1) is 5.56 Å². The summed E-state index contributed by atoms with van der Waals surface area (Å²) in [6.07, 6.45) is 8.59. The van der Waals surface area contributed by atoms with Crippen LogP contribution in [0.2, 0.25) is 0 Å². The van der Waals surface area contributed by atoms with Crippen LogP contribution >= 0.6 is 0 Å². The molecule has 0 unspecified atom stereocenters. The molecule has 0 spiro atoms. The number of ketones is 1. The van der Waals surface area contributed by atoms with Crippen LogP contribution in [0.5, 0.6) is 5.75 Å². The van der Waals surface area contributed by atoms with Gasteiger partial charge in [-0.2, -0.15) is 0 Å². The monoisotopic (exact) mass is 310 g/mol. The van der Waals surface area contributed by atoms with Gasteiger partial charge in [0.15, 0.2) is 5.78 Å². The van der Waals surface area contributed by atoms with Crippen molar-refractivity contribution in [1.82, 2.24) is 0 Å². The molecule has 23 heavy (non-hydrogen) atoms. The summed E-state index contributed by atoms with van der Waals surface area (Å²) in [6.45, 7) is 0. The molecule has 0 aliphatic rings. The minimum Gasteiger partial charge on any atom is -0.507 e. The van der Waals surface area contributed by atoms with Crippen LogP contribution in [0.4, 0.5) is 0 Å². The average Bonchev–Trinajstić information content (AvgIpc) is 2.58. The molecule has 0 saturated carbocycles. The number of Topliss-reactive ketones (excluding diaryl/α,β-unsaturated/α-hetero) is 1. The highest BCUT2D eigenvalue weighted by atomic mass is 16.3. The summed E-state index contributed by atoms with van der Waals surface area (Å²) in [7, 11) is 0. The highest BCUT2D eigenvalue weighted by Gasteiger charge is 2.09. The first-order valence-corrected chi connectivity index (χ1v) is 8.62. The minimum absolute atomic E-state index is 0.0483. The van der Waals surface area contributed by atoms with Crippen LogP contribution in [-0.4, -0.2) is 10.9 Å². The molecule has 1 N–H and O–H groups in total. The fourth-order valence-electron chi connectivity index (χ4n) is 2.81. The molecule has 0 aromatic heterocycles. The average molecular weight is 310 g/mol. The quantitative estimate of drug-likeness (QED) is 0.461. The number of carbonyl (C=O) groups is 1. The molecule has 2 rings (SSSR count). The first kappa shape index (κ1) is 17.3. The van der Waals surface area contributed by atoms with Crippen molar-refractivity contribution in [3.63, 3.8) is 0 Å². The van der Waals surface area contributed by atoms with E-state index in [1.165, 1.54) is 31.2 Å². The van der Waals surface area contributed by atoms with Gasteiger partial charge in [-0.05, 0) is 37.0 Å². The highest BCUT2D eigenvalue weighted by Crippen LogP contribution is 2.19. The molecule has 0 radical (unpaired) electrons. The molecular weight excluding hydrogens is 284 g/mol. The van der Waals surface area contributed by atoms with Gasteiger partial charge in [-0.3, -0.25) is 4.79 Å². The lowest BCUT2D eigenvalue weighted by Gasteiger charge is -2.04. The Kier molecular flexibility index (Phi) is 7.38. The Morgan fingerprint density at radius 2 is 1.35 bits per heavy atom. The predicted octanol–water partition coefficient (Wildman–Crippen LogP) is 5.55. The Labute approximate surface area is 139 Å². The zero-order valence-electron chi connectivity index (χ0n) is 13.7. The number of hydrogen-bond acceptors (Lipinski definition) is 2. The minimum atomic E-state index is 0.0483. The van der Waals surface area contributed by atoms with Crippen LogP contribution in [0.3, 0.4) is 0 Å². The number of hydrogen-bond donors (Lipinski definition) is 1. The van der Waals surface area contributed by atoms with E-state index in [2.05, 4.69) is 30.3 Å². The molecule has 122 valence electrons. The molecular formula is C21H26O2. The molecule has 0 saturated heterocycles. The molecule has 0 amide bonds. The molecule has 2 heteroatoms. The van der Waals surface area contributed by atoms with Crippen LogP contribution in [0.25, 0.3) is 0 Å². The lowest BCUT2D eigenvalue weighted by atomic mass is 10.0. The topological polar surface area (TPSA) is 37.3 Å². The fraction of sp³-hybridized carbons (Fsp3) is 0.381. The van der Waals surface area contributed by atoms with E-state index in [1.54, 1.807) is 24.3 Å². The van der Waals surface area contributed by atoms with Crippen molar-refractivity contribution in [2.45, 2.75) is 51.4 Å². The van der Waals surface area contributed by atoms with E-state index in [4.69, 9.17) is 0 Å². The van der Waals surface area contributed by atoms with Gasteiger partial charge in [0.1, 0.15) is 5.75 Å². The van der Waals surface area contributed by atoms with Gasteiger partial charge in [0.2, 0.25) is 0 Å². The number of para-hydroxylation sites is 1. The maximum Gasteiger partial charge on any atom is 0.166 e. The van der Waals surface area contributed by atoms with Crippen molar-refractivity contribution in [1.29, 1.82) is 0 Å². The van der Waals surface area contributed by atoms with Gasteiger partial charge < -0.3 is 5.11 Å². The van der Waals surface area contributed by atoms with E-state index in [9.17, 15) is 9.90 Å². The predicted molar refractivity (Wildman–Crippen MR) is 94.9 cm³/mol. The maximum atomic E-state index is 12.0. The zero-order chi connectivity index (χ0) is 16.3. The Bertz CT molecular complexity index is 590. The first-order valence-electron chi connectivity index (χ1n) is 8.62. The number of unbranched alkanes of at least 4 members (excludes halogenated alkanes) is 5. The van der Waals surface area contributed by atoms with Gasteiger partial charge >= 0.3 is 0 Å². The SMILES string of the molecule is O=C(CCCCCCCCc1ccccc1)c1ccccc1O. The van der Waals surface area contributed by atoms with Crippen LogP contribution < -0.4 is 0 Å². The Morgan fingerprint density at radius 3 is 2.09 bits per heavy atom. The standard InChI is InChI=1S/C21H26O2/c22-20(19-15-10-11-17-21(19)23)16-9-4-2-1-3-6-12-18-13-7-5-8-14-18/h5,7-8,10-11,13-15,17,23H,1-4,6,9,12,16H2. The van der Waals surface area contributed by atoms with Crippen molar-refractivity contribution < 1.29 is 9.90 Å². The van der Waals surface area contributed by atoms with Crippen LogP contribution in [0, 0.1) is 0 Å². The second-order valence-corrected chi connectivity index (χ2v) is 6.05. The van der Waals surface area contributed by atoms with Crippen LogP contribution in [0.15, 0.2) is 54.6 Å². The second kappa shape index (κ2) is 9.83. The lowest BCUT2D eigenvalue weighted by Crippen LogP contribution is -1.99. The maximum absolute atomic E-state index is 12.0. The van der Waals surface area contributed by atoms with Crippen molar-refractivity contribution in [2.24, 2.45) is 0 Å². The number of rotatable bonds is 10. The number of benzene rings is 2. The van der Waals surface area contributed by atoms with Crippen molar-refractivity contribution in [3.8, 4) is 5.75 Å². The largest absolute Gasteiger partial charge is 0.507 e. The van der Waals surface area contributed by atoms with E-state index in [-0.39, 0.29) is 11.5 Å². The summed E-state index contributed by atoms with van der Waals surface area (Å²) < 4.78 is 0. The number of phenolic OH excluding ortho intramolecular Hbond substituents is 1. The second-order valence-electron chi connectivity index (χ2n) is 6.05. The summed E-state index contributed by atoms with van der Waals surface area (Å²) in [4.78, 5) is 12.0. The van der Waals surface area contributed by atoms with Gasteiger partial charge in [0.25, 0.3) is 0 Å². The third-order valence-corrected chi connectivity index (χ3v) is 4.17. The van der Waals surface area contributed by atoms with E-state index in [0.717, 1.165) is 19.3 Å². The zero-order valence-corrected chi connectivity index (χ0v) is 13.7. The molecule has 0 bridgehead atoms. The van der Waals surface area contributed by atoms with Gasteiger partial charge in [-0.15, -0.1) is 0 Å². The normalized spacial score (nSPS) is 10.6. The molecule has 2 nitrogen and oxygen atoms in total. The number of aromatic hydroxyl groups is 1. The van der Waals surface area contributed by atoms with E-state index in [1.807, 2.05) is 0 Å². The van der Waals surface area contributed by atoms with E-state index >= 15 is 0 Å². The van der Waals surface area contributed by atoms with E-state index < -0.39 is 0 Å². The van der Waals surface area contributed by atoms with Crippen molar-refractivity contribution in [2.75, 3.05) is 0 Å². The van der Waals surface area contributed by atoms with Crippen LogP contribution in [0.1, 0.15) is 60.9 Å². The molecule has 2 aromatic carbocycles. The summed E-state index contributed by atoms with van der Waals surface area (Å²) in [5, 5.41) is 9.65. The lowest BCUT2D eigenvalue weighted by molar-refractivity contribution is 0.0976. The summed E-state index contributed by atoms with van der Waals surface area (Å²) in [5.41, 5.74) is 1.87. The summed E-state index contributed by atoms with van der Waals surface area (Å²) in [5.74, 6) is 0.144. The van der Waals surface area contributed by atoms with Crippen molar-refractivity contribution >= 4 is 5.78 Å². The van der Waals surface area contributed by atoms with E-state index in [0.29, 0.717) is 12.0 Å². The fourth-order valence-corrected chi connectivity index (χ4v) is 2.81. The Morgan fingerprint density at radius 1 is 0.739 bits per heavy atom. The third-order valence-electron chi connectivity index (χ3n) is 4.17. The van der Waals surface area contributed by atoms with Crippen LogP contribution in [-0.2, 0) is 6.42 Å². The Balaban J connectivity index is 1.51. The molecule has 0 fully saturated rings.